The molecule has 0 saturated carbocycles. The maximum atomic E-state index is 12.4. The summed E-state index contributed by atoms with van der Waals surface area (Å²) in [6.45, 7) is 1.09. The topological polar surface area (TPSA) is 69.7 Å². The Bertz CT molecular complexity index is 795. The summed E-state index contributed by atoms with van der Waals surface area (Å²) in [7, 11) is -0.245. The molecule has 7 heteroatoms. The Kier molecular flexibility index (Phi) is 7.17. The first-order chi connectivity index (χ1) is 12.4. The van der Waals surface area contributed by atoms with E-state index in [1.54, 1.807) is 18.2 Å². The number of benzene rings is 2. The molecule has 26 heavy (non-hydrogen) atoms. The molecule has 0 aromatic heterocycles. The van der Waals surface area contributed by atoms with Crippen LogP contribution >= 0.6 is 0 Å². The molecule has 0 heterocycles. The van der Waals surface area contributed by atoms with Crippen molar-refractivity contribution in [2.45, 2.75) is 11.3 Å². The van der Waals surface area contributed by atoms with Gasteiger partial charge in [0.1, 0.15) is 0 Å². The second-order valence-electron chi connectivity index (χ2n) is 6.03. The van der Waals surface area contributed by atoms with E-state index in [2.05, 4.69) is 10.2 Å². The highest BCUT2D eigenvalue weighted by Crippen LogP contribution is 2.13. The molecule has 2 aromatic carbocycles. The van der Waals surface area contributed by atoms with Crippen LogP contribution in [0.15, 0.2) is 65.6 Å². The molecule has 0 atom stereocenters. The summed E-state index contributed by atoms with van der Waals surface area (Å²) in [5, 5.41) is 2.77. The number of hydrogen-bond acceptors (Lipinski definition) is 4. The van der Waals surface area contributed by atoms with E-state index in [-0.39, 0.29) is 17.3 Å². The van der Waals surface area contributed by atoms with E-state index < -0.39 is 10.0 Å². The number of nitrogens with one attached hydrogen (secondary N) is 1. The predicted molar refractivity (Wildman–Crippen MR) is 104 cm³/mol. The lowest BCUT2D eigenvalue weighted by Gasteiger charge is -2.20. The van der Waals surface area contributed by atoms with Crippen LogP contribution in [0.1, 0.15) is 6.42 Å². The zero-order valence-electron chi connectivity index (χ0n) is 15.1. The fourth-order valence-electron chi connectivity index (χ4n) is 2.47. The minimum absolute atomic E-state index is 0.180. The van der Waals surface area contributed by atoms with Crippen LogP contribution in [-0.2, 0) is 14.8 Å². The Labute approximate surface area is 155 Å². The number of amides is 1. The molecule has 0 spiro atoms. The number of carbonyl (C=O) groups is 1. The fraction of sp³-hybridized carbons (Fsp3) is 0.316. The Morgan fingerprint density at radius 2 is 1.54 bits per heavy atom. The van der Waals surface area contributed by atoms with Crippen LogP contribution in [0.3, 0.4) is 0 Å². The molecule has 140 valence electrons. The quantitative estimate of drug-likeness (QED) is 0.680. The van der Waals surface area contributed by atoms with Crippen LogP contribution < -0.4 is 10.2 Å². The summed E-state index contributed by atoms with van der Waals surface area (Å²) < 4.78 is 25.8. The zero-order valence-corrected chi connectivity index (χ0v) is 15.9. The standard InChI is InChI=1S/C19H25N3O3S/c1-21(17-10-5-3-6-11-17)15-9-14-20-19(23)16-22(2)26(24,25)18-12-7-4-8-13-18/h3-8,10-13H,9,14-16H2,1-2H3,(H,20,23). The van der Waals surface area contributed by atoms with Gasteiger partial charge in [0.15, 0.2) is 0 Å². The summed E-state index contributed by atoms with van der Waals surface area (Å²) in [5.74, 6) is -0.311. The normalized spacial score (nSPS) is 11.3. The van der Waals surface area contributed by atoms with Crippen molar-refractivity contribution in [1.29, 1.82) is 0 Å². The molecule has 0 radical (unpaired) electrons. The minimum atomic E-state index is -3.65. The van der Waals surface area contributed by atoms with Gasteiger partial charge in [-0.25, -0.2) is 8.42 Å². The van der Waals surface area contributed by atoms with Gasteiger partial charge in [-0.15, -0.1) is 0 Å². The van der Waals surface area contributed by atoms with Gasteiger partial charge in [0.05, 0.1) is 11.4 Å². The van der Waals surface area contributed by atoms with Crippen molar-refractivity contribution >= 4 is 21.6 Å². The van der Waals surface area contributed by atoms with Crippen molar-refractivity contribution in [2.75, 3.05) is 38.6 Å². The molecule has 0 unspecified atom stereocenters. The van der Waals surface area contributed by atoms with E-state index in [1.165, 1.54) is 19.2 Å². The molecule has 0 bridgehead atoms. The van der Waals surface area contributed by atoms with Gasteiger partial charge < -0.3 is 10.2 Å². The molecule has 0 aliphatic heterocycles. The average molecular weight is 375 g/mol. The Morgan fingerprint density at radius 1 is 0.962 bits per heavy atom. The second-order valence-corrected chi connectivity index (χ2v) is 8.08. The van der Waals surface area contributed by atoms with E-state index >= 15 is 0 Å². The number of hydrogen-bond donors (Lipinski definition) is 1. The Hall–Kier alpha value is -2.38. The number of sulfonamides is 1. The molecule has 6 nitrogen and oxygen atoms in total. The minimum Gasteiger partial charge on any atom is -0.375 e. The van der Waals surface area contributed by atoms with Crippen molar-refractivity contribution in [1.82, 2.24) is 9.62 Å². The van der Waals surface area contributed by atoms with Crippen LogP contribution in [-0.4, -0.2) is 52.4 Å². The lowest BCUT2D eigenvalue weighted by atomic mass is 10.3. The van der Waals surface area contributed by atoms with Crippen LogP contribution in [0.25, 0.3) is 0 Å². The highest BCUT2D eigenvalue weighted by atomic mass is 32.2. The first-order valence-corrected chi connectivity index (χ1v) is 9.89. The highest BCUT2D eigenvalue weighted by Gasteiger charge is 2.22. The number of para-hydroxylation sites is 1. The third-order valence-corrected chi connectivity index (χ3v) is 5.82. The third kappa shape index (κ3) is 5.57. The van der Waals surface area contributed by atoms with Gasteiger partial charge in [-0.1, -0.05) is 36.4 Å². The molecule has 2 rings (SSSR count). The van der Waals surface area contributed by atoms with E-state index in [9.17, 15) is 13.2 Å². The van der Waals surface area contributed by atoms with E-state index in [0.29, 0.717) is 6.54 Å². The maximum absolute atomic E-state index is 12.4. The average Bonchev–Trinajstić information content (AvgIpc) is 2.66. The van der Waals surface area contributed by atoms with Gasteiger partial charge >= 0.3 is 0 Å². The van der Waals surface area contributed by atoms with E-state index in [0.717, 1.165) is 23.0 Å². The summed E-state index contributed by atoms with van der Waals surface area (Å²) in [4.78, 5) is 14.3. The summed E-state index contributed by atoms with van der Waals surface area (Å²) in [5.41, 5.74) is 1.12. The van der Waals surface area contributed by atoms with Crippen molar-refractivity contribution < 1.29 is 13.2 Å². The maximum Gasteiger partial charge on any atom is 0.243 e. The second kappa shape index (κ2) is 9.35. The summed E-state index contributed by atoms with van der Waals surface area (Å²) in [6.07, 6.45) is 0.770. The van der Waals surface area contributed by atoms with Gasteiger partial charge in [0.25, 0.3) is 0 Å². The van der Waals surface area contributed by atoms with Gasteiger partial charge in [-0.05, 0) is 30.7 Å². The lowest BCUT2D eigenvalue weighted by molar-refractivity contribution is -0.121. The lowest BCUT2D eigenvalue weighted by Crippen LogP contribution is -2.39. The van der Waals surface area contributed by atoms with Crippen molar-refractivity contribution in [3.8, 4) is 0 Å². The third-order valence-electron chi connectivity index (χ3n) is 4.01. The molecule has 1 amide bonds. The van der Waals surface area contributed by atoms with Gasteiger partial charge in [-0.2, -0.15) is 4.31 Å². The zero-order chi connectivity index (χ0) is 19.0. The largest absolute Gasteiger partial charge is 0.375 e. The molecule has 0 saturated heterocycles. The van der Waals surface area contributed by atoms with Crippen molar-refractivity contribution in [2.24, 2.45) is 0 Å². The number of likely N-dealkylation sites (N-methyl/N-ethyl adjacent to an activating group) is 1. The number of carbonyl (C=O) groups excluding carboxylic acids is 1. The van der Waals surface area contributed by atoms with Crippen molar-refractivity contribution in [3.05, 3.63) is 60.7 Å². The number of nitrogens with zero attached hydrogens (tertiary/aromatic N) is 2. The van der Waals surface area contributed by atoms with Crippen LogP contribution in [0.4, 0.5) is 5.69 Å². The summed E-state index contributed by atoms with van der Waals surface area (Å²) >= 11 is 0. The van der Waals surface area contributed by atoms with Gasteiger partial charge in [0.2, 0.25) is 15.9 Å². The highest BCUT2D eigenvalue weighted by molar-refractivity contribution is 7.89. The molecule has 0 aliphatic rings. The molecule has 2 aromatic rings. The summed E-state index contributed by atoms with van der Waals surface area (Å²) in [6, 6.07) is 18.1. The van der Waals surface area contributed by atoms with Crippen LogP contribution in [0, 0.1) is 0 Å². The Balaban J connectivity index is 1.75. The molecular weight excluding hydrogens is 350 g/mol. The van der Waals surface area contributed by atoms with Crippen molar-refractivity contribution in [3.63, 3.8) is 0 Å². The fourth-order valence-corrected chi connectivity index (χ4v) is 3.62. The molecular formula is C19H25N3O3S. The molecule has 0 aliphatic carbocycles. The van der Waals surface area contributed by atoms with Gasteiger partial charge in [0, 0.05) is 32.9 Å². The van der Waals surface area contributed by atoms with Gasteiger partial charge in [-0.3, -0.25) is 4.79 Å². The predicted octanol–water partition coefficient (Wildman–Crippen LogP) is 1.95. The molecule has 1 N–H and O–H groups in total. The Morgan fingerprint density at radius 3 is 2.15 bits per heavy atom. The monoisotopic (exact) mass is 375 g/mol. The SMILES string of the molecule is CN(CCCNC(=O)CN(C)S(=O)(=O)c1ccccc1)c1ccccc1. The smallest absolute Gasteiger partial charge is 0.243 e. The molecule has 0 fully saturated rings. The van der Waals surface area contributed by atoms with E-state index in [4.69, 9.17) is 0 Å². The first-order valence-electron chi connectivity index (χ1n) is 8.45. The number of anilines is 1. The van der Waals surface area contributed by atoms with Crippen LogP contribution in [0.5, 0.6) is 0 Å². The van der Waals surface area contributed by atoms with Crippen LogP contribution in [0.2, 0.25) is 0 Å². The first kappa shape index (κ1) is 19.9. The number of rotatable bonds is 9. The van der Waals surface area contributed by atoms with E-state index in [1.807, 2.05) is 37.4 Å².